The summed E-state index contributed by atoms with van der Waals surface area (Å²) in [6.45, 7) is 4.25. The summed E-state index contributed by atoms with van der Waals surface area (Å²) >= 11 is 0.979. The Kier molecular flexibility index (Phi) is 6.60. The van der Waals surface area contributed by atoms with Crippen molar-refractivity contribution in [2.45, 2.75) is 29.5 Å². The normalized spacial score (nSPS) is 15.9. The Labute approximate surface area is 178 Å². The summed E-state index contributed by atoms with van der Waals surface area (Å²) in [5.74, 6) is 0. The monoisotopic (exact) mass is 475 g/mol. The molecule has 0 amide bonds. The Morgan fingerprint density at radius 3 is 2.47 bits per heavy atom. The van der Waals surface area contributed by atoms with E-state index in [1.54, 1.807) is 19.9 Å². The van der Waals surface area contributed by atoms with Crippen molar-refractivity contribution in [2.75, 3.05) is 26.3 Å². The standard InChI is InChI=1S/C17H21N3O7S3/c1-12-9-14(20(21)22)10-16(13(12)2)29(23,24)18-11-15-3-4-17(28-15)30(25,26)19-5-7-27-8-6-19/h3-4,9-10,18H,5-8,11H2,1-2H3. The van der Waals surface area contributed by atoms with Gasteiger partial charge >= 0.3 is 0 Å². The quantitative estimate of drug-likeness (QED) is 0.476. The number of nitro benzene ring substituents is 1. The molecule has 13 heteroatoms. The van der Waals surface area contributed by atoms with Crippen molar-refractivity contribution in [1.29, 1.82) is 0 Å². The molecule has 0 bridgehead atoms. The lowest BCUT2D eigenvalue weighted by molar-refractivity contribution is -0.385. The van der Waals surface area contributed by atoms with Crippen LogP contribution in [0.25, 0.3) is 0 Å². The lowest BCUT2D eigenvalue weighted by Gasteiger charge is -2.25. The van der Waals surface area contributed by atoms with Crippen molar-refractivity contribution in [1.82, 2.24) is 9.03 Å². The number of nitrogens with zero attached hydrogens (tertiary/aromatic N) is 2. The van der Waals surface area contributed by atoms with Crippen molar-refractivity contribution in [3.8, 4) is 0 Å². The fourth-order valence-electron chi connectivity index (χ4n) is 2.94. The number of nitrogens with one attached hydrogen (secondary N) is 1. The van der Waals surface area contributed by atoms with Gasteiger partial charge in [0, 0.05) is 36.6 Å². The number of hydrogen-bond acceptors (Lipinski definition) is 8. The summed E-state index contributed by atoms with van der Waals surface area (Å²) in [6.07, 6.45) is 0. The lowest BCUT2D eigenvalue weighted by atomic mass is 10.1. The van der Waals surface area contributed by atoms with Gasteiger partial charge in [-0.2, -0.15) is 4.31 Å². The molecule has 1 fully saturated rings. The predicted octanol–water partition coefficient (Wildman–Crippen LogP) is 1.77. The molecule has 10 nitrogen and oxygen atoms in total. The van der Waals surface area contributed by atoms with Crippen LogP contribution in [-0.4, -0.2) is 52.4 Å². The van der Waals surface area contributed by atoms with Crippen molar-refractivity contribution < 1.29 is 26.5 Å². The van der Waals surface area contributed by atoms with Gasteiger partial charge in [0.15, 0.2) is 0 Å². The molecular formula is C17H21N3O7S3. The number of nitro groups is 1. The van der Waals surface area contributed by atoms with Crippen molar-refractivity contribution in [2.24, 2.45) is 0 Å². The molecule has 1 saturated heterocycles. The number of thiophene rings is 1. The third-order valence-electron chi connectivity index (χ3n) is 4.74. The van der Waals surface area contributed by atoms with E-state index in [9.17, 15) is 26.9 Å². The van der Waals surface area contributed by atoms with E-state index < -0.39 is 25.0 Å². The van der Waals surface area contributed by atoms with Gasteiger partial charge in [-0.15, -0.1) is 11.3 Å². The van der Waals surface area contributed by atoms with Gasteiger partial charge in [0.05, 0.1) is 23.0 Å². The van der Waals surface area contributed by atoms with Gasteiger partial charge in [-0.05, 0) is 37.1 Å². The maximum atomic E-state index is 12.7. The highest BCUT2D eigenvalue weighted by atomic mass is 32.2. The number of hydrogen-bond donors (Lipinski definition) is 1. The molecule has 1 aromatic heterocycles. The number of sulfonamides is 2. The van der Waals surface area contributed by atoms with E-state index in [0.717, 1.165) is 17.4 Å². The number of non-ortho nitro benzene ring substituents is 1. The van der Waals surface area contributed by atoms with Gasteiger partial charge in [0.1, 0.15) is 4.21 Å². The summed E-state index contributed by atoms with van der Waals surface area (Å²) in [6, 6.07) is 5.33. The number of rotatable bonds is 7. The first kappa shape index (κ1) is 22.8. The highest BCUT2D eigenvalue weighted by molar-refractivity contribution is 7.91. The SMILES string of the molecule is Cc1cc([N+](=O)[O-])cc(S(=O)(=O)NCc2ccc(S(=O)(=O)N3CCOCC3)s2)c1C. The third kappa shape index (κ3) is 4.71. The van der Waals surface area contributed by atoms with Crippen LogP contribution in [-0.2, 0) is 31.3 Å². The van der Waals surface area contributed by atoms with Gasteiger partial charge in [-0.3, -0.25) is 10.1 Å². The van der Waals surface area contributed by atoms with Crippen LogP contribution in [0.15, 0.2) is 33.4 Å². The zero-order valence-corrected chi connectivity index (χ0v) is 18.8. The molecule has 0 spiro atoms. The summed E-state index contributed by atoms with van der Waals surface area (Å²) in [5, 5.41) is 11.1. The van der Waals surface area contributed by atoms with Crippen LogP contribution in [0.4, 0.5) is 5.69 Å². The first-order chi connectivity index (χ1) is 14.0. The van der Waals surface area contributed by atoms with E-state index in [4.69, 9.17) is 4.74 Å². The molecule has 3 rings (SSSR count). The minimum Gasteiger partial charge on any atom is -0.379 e. The minimum atomic E-state index is -4.04. The molecule has 1 aromatic carbocycles. The first-order valence-electron chi connectivity index (χ1n) is 8.94. The number of benzene rings is 1. The molecular weight excluding hydrogens is 454 g/mol. The zero-order valence-electron chi connectivity index (χ0n) is 16.3. The van der Waals surface area contributed by atoms with Crippen molar-refractivity contribution in [3.63, 3.8) is 0 Å². The van der Waals surface area contributed by atoms with Gasteiger partial charge < -0.3 is 4.74 Å². The fourth-order valence-corrected chi connectivity index (χ4v) is 7.23. The largest absolute Gasteiger partial charge is 0.379 e. The Balaban J connectivity index is 1.79. The molecule has 30 heavy (non-hydrogen) atoms. The van der Waals surface area contributed by atoms with Crippen LogP contribution >= 0.6 is 11.3 Å². The Bertz CT molecular complexity index is 1170. The van der Waals surface area contributed by atoms with Gasteiger partial charge in [-0.25, -0.2) is 21.6 Å². The van der Waals surface area contributed by atoms with Crippen LogP contribution in [0, 0.1) is 24.0 Å². The van der Waals surface area contributed by atoms with Crippen LogP contribution < -0.4 is 4.72 Å². The molecule has 1 aliphatic heterocycles. The maximum Gasteiger partial charge on any atom is 0.271 e. The Morgan fingerprint density at radius 2 is 1.83 bits per heavy atom. The van der Waals surface area contributed by atoms with E-state index in [-0.39, 0.29) is 34.4 Å². The molecule has 1 aliphatic rings. The Morgan fingerprint density at radius 1 is 1.17 bits per heavy atom. The van der Waals surface area contributed by atoms with Gasteiger partial charge in [0.25, 0.3) is 15.7 Å². The number of morpholine rings is 1. The van der Waals surface area contributed by atoms with Crippen molar-refractivity contribution >= 4 is 37.1 Å². The smallest absolute Gasteiger partial charge is 0.271 e. The van der Waals surface area contributed by atoms with Gasteiger partial charge in [-0.1, -0.05) is 0 Å². The highest BCUT2D eigenvalue weighted by Gasteiger charge is 2.28. The van der Waals surface area contributed by atoms with Crippen LogP contribution in [0.3, 0.4) is 0 Å². The maximum absolute atomic E-state index is 12.7. The molecule has 0 saturated carbocycles. The number of ether oxygens (including phenoxy) is 1. The van der Waals surface area contributed by atoms with E-state index in [0.29, 0.717) is 29.2 Å². The second-order valence-electron chi connectivity index (χ2n) is 6.70. The van der Waals surface area contributed by atoms with E-state index in [1.165, 1.54) is 16.4 Å². The predicted molar refractivity (Wildman–Crippen MR) is 110 cm³/mol. The molecule has 1 N–H and O–H groups in total. The lowest BCUT2D eigenvalue weighted by Crippen LogP contribution is -2.40. The van der Waals surface area contributed by atoms with E-state index >= 15 is 0 Å². The minimum absolute atomic E-state index is 0.126. The molecule has 0 radical (unpaired) electrons. The van der Waals surface area contributed by atoms with E-state index in [1.807, 2.05) is 0 Å². The second kappa shape index (κ2) is 8.69. The topological polar surface area (TPSA) is 136 Å². The molecule has 2 aromatic rings. The summed E-state index contributed by atoms with van der Waals surface area (Å²) in [4.78, 5) is 10.8. The van der Waals surface area contributed by atoms with Crippen LogP contribution in [0.1, 0.15) is 16.0 Å². The fraction of sp³-hybridized carbons (Fsp3) is 0.412. The van der Waals surface area contributed by atoms with Crippen LogP contribution in [0.5, 0.6) is 0 Å². The van der Waals surface area contributed by atoms with Gasteiger partial charge in [0.2, 0.25) is 10.0 Å². The summed E-state index contributed by atoms with van der Waals surface area (Å²) in [7, 11) is -7.69. The molecule has 0 unspecified atom stereocenters. The third-order valence-corrected chi connectivity index (χ3v) is 9.72. The van der Waals surface area contributed by atoms with E-state index in [2.05, 4.69) is 4.72 Å². The first-order valence-corrected chi connectivity index (χ1v) is 12.7. The Hall–Kier alpha value is -1.90. The summed E-state index contributed by atoms with van der Waals surface area (Å²) in [5.41, 5.74) is 0.586. The molecule has 2 heterocycles. The second-order valence-corrected chi connectivity index (χ2v) is 11.8. The highest BCUT2D eigenvalue weighted by Crippen LogP contribution is 2.28. The zero-order chi connectivity index (χ0) is 22.1. The average Bonchev–Trinajstić information content (AvgIpc) is 3.19. The average molecular weight is 476 g/mol. The van der Waals surface area contributed by atoms with Crippen molar-refractivity contribution in [3.05, 3.63) is 50.4 Å². The van der Waals surface area contributed by atoms with Crippen LogP contribution in [0.2, 0.25) is 0 Å². The molecule has 0 aliphatic carbocycles. The number of aryl methyl sites for hydroxylation is 1. The summed E-state index contributed by atoms with van der Waals surface area (Å²) < 4.78 is 59.9. The molecule has 0 atom stereocenters. The molecule has 164 valence electrons.